The minimum absolute atomic E-state index is 0.149. The second kappa shape index (κ2) is 6.02. The van der Waals surface area contributed by atoms with Crippen LogP contribution in [-0.4, -0.2) is 52.1 Å². The monoisotopic (exact) mass is 284 g/mol. The lowest BCUT2D eigenvalue weighted by Crippen LogP contribution is -2.53. The summed E-state index contributed by atoms with van der Waals surface area (Å²) in [5.74, 6) is -0.968. The Kier molecular flexibility index (Phi) is 5.05. The number of hydrogen-bond acceptors (Lipinski definition) is 2. The van der Waals surface area contributed by atoms with Crippen molar-refractivity contribution in [1.82, 2.24) is 9.80 Å². The van der Waals surface area contributed by atoms with Gasteiger partial charge in [0.05, 0.1) is 0 Å². The molecule has 20 heavy (non-hydrogen) atoms. The molecule has 0 saturated carbocycles. The van der Waals surface area contributed by atoms with Crippen molar-refractivity contribution in [2.75, 3.05) is 19.6 Å². The molecule has 0 aliphatic carbocycles. The van der Waals surface area contributed by atoms with Gasteiger partial charge in [-0.3, -0.25) is 4.79 Å². The molecule has 1 fully saturated rings. The Labute approximate surface area is 121 Å². The van der Waals surface area contributed by atoms with E-state index in [1.165, 1.54) is 4.90 Å². The van der Waals surface area contributed by atoms with Crippen molar-refractivity contribution in [3.8, 4) is 0 Å². The maximum Gasteiger partial charge on any atom is 0.323 e. The summed E-state index contributed by atoms with van der Waals surface area (Å²) in [5, 5.41) is 9.02. The molecule has 0 aromatic heterocycles. The predicted molar refractivity (Wildman–Crippen MR) is 78.7 cm³/mol. The van der Waals surface area contributed by atoms with Crippen molar-refractivity contribution in [2.24, 2.45) is 5.41 Å². The Bertz CT molecular complexity index is 370. The van der Waals surface area contributed by atoms with Gasteiger partial charge in [0.1, 0.15) is 6.54 Å². The molecule has 1 heterocycles. The van der Waals surface area contributed by atoms with E-state index in [0.29, 0.717) is 0 Å². The lowest BCUT2D eigenvalue weighted by atomic mass is 9.82. The molecule has 1 N–H and O–H groups in total. The number of carbonyl (C=O) groups is 2. The topological polar surface area (TPSA) is 60.9 Å². The molecule has 1 saturated heterocycles. The molecule has 0 radical (unpaired) electrons. The molecule has 1 rings (SSSR count). The van der Waals surface area contributed by atoms with Gasteiger partial charge >= 0.3 is 12.0 Å². The highest BCUT2D eigenvalue weighted by molar-refractivity contribution is 5.81. The molecule has 0 unspecified atom stereocenters. The van der Waals surface area contributed by atoms with Gasteiger partial charge in [-0.15, -0.1) is 0 Å². The Hall–Kier alpha value is -1.26. The summed E-state index contributed by atoms with van der Waals surface area (Å²) in [6.45, 7) is 11.2. The first-order valence-corrected chi connectivity index (χ1v) is 7.43. The maximum atomic E-state index is 12.6. The minimum Gasteiger partial charge on any atom is -0.480 e. The number of carboxylic acids is 1. The second-order valence-corrected chi connectivity index (χ2v) is 6.81. The summed E-state index contributed by atoms with van der Waals surface area (Å²) in [7, 11) is 0. The predicted octanol–water partition coefficient (Wildman–Crippen LogP) is 2.80. The van der Waals surface area contributed by atoms with Crippen LogP contribution in [0.2, 0.25) is 0 Å². The number of hydrogen-bond donors (Lipinski definition) is 1. The van der Waals surface area contributed by atoms with Crippen LogP contribution < -0.4 is 0 Å². The van der Waals surface area contributed by atoms with Crippen LogP contribution in [0.25, 0.3) is 0 Å². The lowest BCUT2D eigenvalue weighted by Gasteiger charge is -2.37. The van der Waals surface area contributed by atoms with Gasteiger partial charge in [0.25, 0.3) is 0 Å². The van der Waals surface area contributed by atoms with E-state index >= 15 is 0 Å². The average molecular weight is 284 g/mol. The molecule has 1 aliphatic heterocycles. The third-order valence-electron chi connectivity index (χ3n) is 4.54. The summed E-state index contributed by atoms with van der Waals surface area (Å²) in [5.41, 5.74) is -0.276. The van der Waals surface area contributed by atoms with Gasteiger partial charge in [-0.1, -0.05) is 13.8 Å². The van der Waals surface area contributed by atoms with Crippen LogP contribution in [0.5, 0.6) is 0 Å². The number of amides is 2. The molecule has 1 aliphatic rings. The van der Waals surface area contributed by atoms with E-state index in [2.05, 4.69) is 13.8 Å². The summed E-state index contributed by atoms with van der Waals surface area (Å²) < 4.78 is 0. The van der Waals surface area contributed by atoms with Crippen molar-refractivity contribution < 1.29 is 14.7 Å². The number of carboxylic acid groups (broad SMARTS) is 1. The van der Waals surface area contributed by atoms with Crippen molar-refractivity contribution in [2.45, 2.75) is 59.4 Å². The highest BCUT2D eigenvalue weighted by atomic mass is 16.4. The standard InChI is InChI=1S/C15H28N2O3/c1-6-15(7-2)8-9-16(11-15)13(20)17(10-12(18)19)14(3,4)5/h6-11H2,1-5H3,(H,18,19). The van der Waals surface area contributed by atoms with Crippen molar-refractivity contribution in [3.05, 3.63) is 0 Å². The average Bonchev–Trinajstić information content (AvgIpc) is 2.79. The minimum atomic E-state index is -0.968. The fourth-order valence-electron chi connectivity index (χ4n) is 2.82. The number of aliphatic carboxylic acids is 1. The van der Waals surface area contributed by atoms with E-state index in [-0.39, 0.29) is 18.0 Å². The highest BCUT2D eigenvalue weighted by Crippen LogP contribution is 2.37. The van der Waals surface area contributed by atoms with Crippen LogP contribution in [0.15, 0.2) is 0 Å². The van der Waals surface area contributed by atoms with Gasteiger partial charge in [0.15, 0.2) is 0 Å². The summed E-state index contributed by atoms with van der Waals surface area (Å²) in [4.78, 5) is 26.9. The van der Waals surface area contributed by atoms with Crippen molar-refractivity contribution in [1.29, 1.82) is 0 Å². The second-order valence-electron chi connectivity index (χ2n) is 6.81. The first kappa shape index (κ1) is 16.8. The third kappa shape index (κ3) is 3.64. The largest absolute Gasteiger partial charge is 0.480 e. The van der Waals surface area contributed by atoms with Gasteiger partial charge in [-0.05, 0) is 45.4 Å². The smallest absolute Gasteiger partial charge is 0.323 e. The zero-order valence-corrected chi connectivity index (χ0v) is 13.4. The first-order valence-electron chi connectivity index (χ1n) is 7.43. The number of urea groups is 1. The fourth-order valence-corrected chi connectivity index (χ4v) is 2.82. The maximum absolute atomic E-state index is 12.6. The molecular weight excluding hydrogens is 256 g/mol. The highest BCUT2D eigenvalue weighted by Gasteiger charge is 2.40. The fraction of sp³-hybridized carbons (Fsp3) is 0.867. The number of rotatable bonds is 4. The summed E-state index contributed by atoms with van der Waals surface area (Å²) in [6, 6.07) is -0.149. The van der Waals surface area contributed by atoms with E-state index < -0.39 is 11.5 Å². The quantitative estimate of drug-likeness (QED) is 0.863. The molecule has 116 valence electrons. The Morgan fingerprint density at radius 3 is 2.15 bits per heavy atom. The number of likely N-dealkylation sites (tertiary alicyclic amines) is 1. The molecule has 0 aromatic carbocycles. The molecule has 5 nitrogen and oxygen atoms in total. The Morgan fingerprint density at radius 1 is 1.25 bits per heavy atom. The van der Waals surface area contributed by atoms with Crippen molar-refractivity contribution in [3.63, 3.8) is 0 Å². The van der Waals surface area contributed by atoms with E-state index in [0.717, 1.165) is 32.4 Å². The third-order valence-corrected chi connectivity index (χ3v) is 4.54. The van der Waals surface area contributed by atoms with Gasteiger partial charge in [0, 0.05) is 18.6 Å². The van der Waals surface area contributed by atoms with E-state index in [4.69, 9.17) is 5.11 Å². The van der Waals surface area contributed by atoms with Gasteiger partial charge < -0.3 is 14.9 Å². The Balaban J connectivity index is 2.84. The lowest BCUT2D eigenvalue weighted by molar-refractivity contribution is -0.138. The van der Waals surface area contributed by atoms with E-state index in [1.54, 1.807) is 0 Å². The van der Waals surface area contributed by atoms with Gasteiger partial charge in [-0.25, -0.2) is 4.79 Å². The molecule has 5 heteroatoms. The summed E-state index contributed by atoms with van der Waals surface area (Å²) in [6.07, 6.45) is 3.13. The molecule has 0 bridgehead atoms. The normalized spacial score (nSPS) is 18.1. The SMILES string of the molecule is CCC1(CC)CCN(C(=O)N(CC(=O)O)C(C)(C)C)C1. The summed E-state index contributed by atoms with van der Waals surface area (Å²) >= 11 is 0. The number of nitrogens with zero attached hydrogens (tertiary/aromatic N) is 2. The van der Waals surface area contributed by atoms with E-state index in [9.17, 15) is 9.59 Å². The zero-order chi connectivity index (χ0) is 15.6. The van der Waals surface area contributed by atoms with Gasteiger partial charge in [0.2, 0.25) is 0 Å². The van der Waals surface area contributed by atoms with Crippen LogP contribution in [-0.2, 0) is 4.79 Å². The van der Waals surface area contributed by atoms with Crippen LogP contribution in [0, 0.1) is 5.41 Å². The molecule has 0 spiro atoms. The van der Waals surface area contributed by atoms with Crippen LogP contribution in [0.4, 0.5) is 4.79 Å². The van der Waals surface area contributed by atoms with Crippen LogP contribution in [0.1, 0.15) is 53.9 Å². The molecule has 0 atom stereocenters. The number of carbonyl (C=O) groups excluding carboxylic acids is 1. The Morgan fingerprint density at radius 2 is 1.80 bits per heavy atom. The van der Waals surface area contributed by atoms with E-state index in [1.807, 2.05) is 25.7 Å². The van der Waals surface area contributed by atoms with Crippen molar-refractivity contribution >= 4 is 12.0 Å². The van der Waals surface area contributed by atoms with Crippen LogP contribution in [0.3, 0.4) is 0 Å². The van der Waals surface area contributed by atoms with Gasteiger partial charge in [-0.2, -0.15) is 0 Å². The molecular formula is C15H28N2O3. The molecule has 2 amide bonds. The van der Waals surface area contributed by atoms with Crippen LogP contribution >= 0.6 is 0 Å². The first-order chi connectivity index (χ1) is 9.15. The molecule has 0 aromatic rings. The zero-order valence-electron chi connectivity index (χ0n) is 13.4.